The molecular formula is C14H16N2O. The van der Waals surface area contributed by atoms with Crippen LogP contribution in [0, 0.1) is 6.92 Å². The van der Waals surface area contributed by atoms with Crippen molar-refractivity contribution < 1.29 is 4.79 Å². The van der Waals surface area contributed by atoms with Crippen molar-refractivity contribution >= 4 is 16.8 Å². The van der Waals surface area contributed by atoms with Gasteiger partial charge in [0.15, 0.2) is 0 Å². The monoisotopic (exact) mass is 228 g/mol. The van der Waals surface area contributed by atoms with Gasteiger partial charge in [-0.1, -0.05) is 18.2 Å². The molecule has 0 aliphatic heterocycles. The van der Waals surface area contributed by atoms with E-state index in [0.29, 0.717) is 6.54 Å². The highest BCUT2D eigenvalue weighted by Gasteiger charge is 2.03. The summed E-state index contributed by atoms with van der Waals surface area (Å²) in [6, 6.07) is 6.33. The van der Waals surface area contributed by atoms with E-state index in [0.717, 1.165) is 11.9 Å². The first-order chi connectivity index (χ1) is 8.20. The number of aryl methyl sites for hydroxylation is 1. The maximum atomic E-state index is 11.0. The lowest BCUT2D eigenvalue weighted by atomic mass is 10.1. The number of rotatable bonds is 4. The first-order valence-electron chi connectivity index (χ1n) is 5.67. The summed E-state index contributed by atoms with van der Waals surface area (Å²) < 4.78 is 0. The van der Waals surface area contributed by atoms with Crippen LogP contribution in [0.25, 0.3) is 10.9 Å². The molecule has 0 spiro atoms. The van der Waals surface area contributed by atoms with Crippen LogP contribution in [-0.4, -0.2) is 17.4 Å². The van der Waals surface area contributed by atoms with E-state index in [1.807, 2.05) is 6.20 Å². The van der Waals surface area contributed by atoms with E-state index in [1.54, 1.807) is 0 Å². The molecule has 2 N–H and O–H groups in total. The van der Waals surface area contributed by atoms with Crippen molar-refractivity contribution in [2.45, 2.75) is 13.3 Å². The van der Waals surface area contributed by atoms with Gasteiger partial charge in [-0.3, -0.25) is 4.79 Å². The van der Waals surface area contributed by atoms with Crippen LogP contribution in [0.3, 0.4) is 0 Å². The van der Waals surface area contributed by atoms with Crippen LogP contribution in [0.4, 0.5) is 0 Å². The molecule has 3 nitrogen and oxygen atoms in total. The van der Waals surface area contributed by atoms with Gasteiger partial charge in [-0.25, -0.2) is 0 Å². The van der Waals surface area contributed by atoms with E-state index < -0.39 is 0 Å². The van der Waals surface area contributed by atoms with Gasteiger partial charge in [0.25, 0.3) is 0 Å². The fourth-order valence-electron chi connectivity index (χ4n) is 1.89. The summed E-state index contributed by atoms with van der Waals surface area (Å²) in [5.74, 6) is -0.124. The van der Waals surface area contributed by atoms with Gasteiger partial charge in [-0.2, -0.15) is 0 Å². The Morgan fingerprint density at radius 3 is 3.12 bits per heavy atom. The molecule has 0 radical (unpaired) electrons. The maximum Gasteiger partial charge on any atom is 0.243 e. The molecule has 1 aromatic heterocycles. The van der Waals surface area contributed by atoms with Crippen molar-refractivity contribution in [2.75, 3.05) is 6.54 Å². The Balaban J connectivity index is 2.11. The van der Waals surface area contributed by atoms with Crippen LogP contribution in [0.1, 0.15) is 11.1 Å². The number of fused-ring (bicyclic) bond motifs is 1. The smallest absolute Gasteiger partial charge is 0.243 e. The van der Waals surface area contributed by atoms with E-state index in [1.165, 1.54) is 22.6 Å². The molecule has 88 valence electrons. The van der Waals surface area contributed by atoms with Crippen molar-refractivity contribution in [3.05, 3.63) is 48.2 Å². The molecule has 0 atom stereocenters. The number of carbonyl (C=O) groups is 1. The summed E-state index contributed by atoms with van der Waals surface area (Å²) in [6.45, 7) is 6.13. The topological polar surface area (TPSA) is 44.9 Å². The van der Waals surface area contributed by atoms with Crippen LogP contribution in [-0.2, 0) is 11.2 Å². The van der Waals surface area contributed by atoms with Crippen LogP contribution in [0.2, 0.25) is 0 Å². The highest BCUT2D eigenvalue weighted by Crippen LogP contribution is 2.19. The fourth-order valence-corrected chi connectivity index (χ4v) is 1.89. The Morgan fingerprint density at radius 2 is 2.35 bits per heavy atom. The molecule has 0 saturated heterocycles. The minimum Gasteiger partial charge on any atom is -0.361 e. The first-order valence-corrected chi connectivity index (χ1v) is 5.67. The van der Waals surface area contributed by atoms with Crippen LogP contribution in [0.15, 0.2) is 37.1 Å². The Bertz CT molecular complexity index is 554. The van der Waals surface area contributed by atoms with E-state index in [9.17, 15) is 4.79 Å². The SMILES string of the molecule is C=CC(=O)NCCc1c[nH]c2ccc(C)cc12. The molecule has 1 aromatic carbocycles. The summed E-state index contributed by atoms with van der Waals surface area (Å²) >= 11 is 0. The number of hydrogen-bond acceptors (Lipinski definition) is 1. The van der Waals surface area contributed by atoms with Crippen LogP contribution < -0.4 is 5.32 Å². The molecule has 2 aromatic rings. The third kappa shape index (κ3) is 2.56. The normalized spacial score (nSPS) is 10.4. The van der Waals surface area contributed by atoms with Crippen molar-refractivity contribution in [1.82, 2.24) is 10.3 Å². The molecule has 0 saturated carbocycles. The lowest BCUT2D eigenvalue weighted by Crippen LogP contribution is -2.23. The molecule has 0 unspecified atom stereocenters. The Kier molecular flexibility index (Phi) is 3.28. The zero-order valence-electron chi connectivity index (χ0n) is 9.92. The summed E-state index contributed by atoms with van der Waals surface area (Å²) in [7, 11) is 0. The average molecular weight is 228 g/mol. The summed E-state index contributed by atoms with van der Waals surface area (Å²) in [5.41, 5.74) is 3.61. The van der Waals surface area contributed by atoms with E-state index >= 15 is 0 Å². The van der Waals surface area contributed by atoms with Gasteiger partial charge < -0.3 is 10.3 Å². The van der Waals surface area contributed by atoms with Gasteiger partial charge in [0, 0.05) is 23.6 Å². The number of benzene rings is 1. The molecule has 0 aliphatic rings. The lowest BCUT2D eigenvalue weighted by Gasteiger charge is -2.01. The number of amides is 1. The Morgan fingerprint density at radius 1 is 1.53 bits per heavy atom. The standard InChI is InChI=1S/C14H16N2O/c1-3-14(17)15-7-6-11-9-16-13-5-4-10(2)8-12(11)13/h3-5,8-9,16H,1,6-7H2,2H3,(H,15,17). The van der Waals surface area contributed by atoms with Gasteiger partial charge in [-0.15, -0.1) is 0 Å². The predicted octanol–water partition coefficient (Wildman–Crippen LogP) is 2.32. The zero-order valence-corrected chi connectivity index (χ0v) is 9.92. The second-order valence-corrected chi connectivity index (χ2v) is 4.11. The Labute approximate surface area is 101 Å². The number of H-pyrrole nitrogens is 1. The van der Waals surface area contributed by atoms with Crippen molar-refractivity contribution in [2.24, 2.45) is 0 Å². The largest absolute Gasteiger partial charge is 0.361 e. The van der Waals surface area contributed by atoms with Gasteiger partial charge in [0.2, 0.25) is 5.91 Å². The van der Waals surface area contributed by atoms with Gasteiger partial charge in [0.1, 0.15) is 0 Å². The predicted molar refractivity (Wildman–Crippen MR) is 69.9 cm³/mol. The number of hydrogen-bond donors (Lipinski definition) is 2. The Hall–Kier alpha value is -2.03. The summed E-state index contributed by atoms with van der Waals surface area (Å²) in [5, 5.41) is 4.01. The van der Waals surface area contributed by atoms with E-state index in [-0.39, 0.29) is 5.91 Å². The average Bonchev–Trinajstić information content (AvgIpc) is 2.72. The van der Waals surface area contributed by atoms with Gasteiger partial charge >= 0.3 is 0 Å². The molecule has 1 heterocycles. The summed E-state index contributed by atoms with van der Waals surface area (Å²) in [6.07, 6.45) is 4.12. The molecule has 0 aliphatic carbocycles. The van der Waals surface area contributed by atoms with E-state index in [2.05, 4.69) is 42.0 Å². The number of aromatic nitrogens is 1. The van der Waals surface area contributed by atoms with Crippen LogP contribution in [0.5, 0.6) is 0 Å². The second-order valence-electron chi connectivity index (χ2n) is 4.11. The van der Waals surface area contributed by atoms with Crippen LogP contribution >= 0.6 is 0 Å². The van der Waals surface area contributed by atoms with E-state index in [4.69, 9.17) is 0 Å². The molecule has 3 heteroatoms. The van der Waals surface area contributed by atoms with Crippen molar-refractivity contribution in [1.29, 1.82) is 0 Å². The quantitative estimate of drug-likeness (QED) is 0.775. The molecule has 2 rings (SSSR count). The summed E-state index contributed by atoms with van der Waals surface area (Å²) in [4.78, 5) is 14.3. The number of aromatic amines is 1. The lowest BCUT2D eigenvalue weighted by molar-refractivity contribution is -0.116. The molecule has 1 amide bonds. The van der Waals surface area contributed by atoms with Crippen molar-refractivity contribution in [3.63, 3.8) is 0 Å². The molecule has 17 heavy (non-hydrogen) atoms. The highest BCUT2D eigenvalue weighted by atomic mass is 16.1. The molecule has 0 bridgehead atoms. The second kappa shape index (κ2) is 4.87. The molecule has 0 fully saturated rings. The molecular weight excluding hydrogens is 212 g/mol. The first kappa shape index (κ1) is 11.5. The minimum absolute atomic E-state index is 0.124. The maximum absolute atomic E-state index is 11.0. The highest BCUT2D eigenvalue weighted by molar-refractivity contribution is 5.87. The number of nitrogens with one attached hydrogen (secondary N) is 2. The van der Waals surface area contributed by atoms with Gasteiger partial charge in [-0.05, 0) is 37.1 Å². The van der Waals surface area contributed by atoms with Gasteiger partial charge in [0.05, 0.1) is 0 Å². The minimum atomic E-state index is -0.124. The van der Waals surface area contributed by atoms with Crippen molar-refractivity contribution in [3.8, 4) is 0 Å². The third-order valence-corrected chi connectivity index (χ3v) is 2.80. The third-order valence-electron chi connectivity index (χ3n) is 2.80. The number of carbonyl (C=O) groups excluding carboxylic acids is 1. The zero-order chi connectivity index (χ0) is 12.3. The fraction of sp³-hybridized carbons (Fsp3) is 0.214.